The van der Waals surface area contributed by atoms with Gasteiger partial charge in [0.25, 0.3) is 0 Å². The molecule has 0 fully saturated rings. The molecule has 0 amide bonds. The zero-order valence-electron chi connectivity index (χ0n) is 28.8. The predicted octanol–water partition coefficient (Wildman–Crippen LogP) is 12.4. The highest BCUT2D eigenvalue weighted by atomic mass is 14.9. The number of rotatable bonds is 6. The lowest BCUT2D eigenvalue weighted by Crippen LogP contribution is -2.01. The van der Waals surface area contributed by atoms with Crippen LogP contribution in [0.25, 0.3) is 94.9 Å². The first-order chi connectivity index (χ1) is 26.3. The first-order valence-electron chi connectivity index (χ1n) is 17.9. The van der Waals surface area contributed by atoms with E-state index in [2.05, 4.69) is 180 Å². The summed E-state index contributed by atoms with van der Waals surface area (Å²) < 4.78 is 2.34. The summed E-state index contributed by atoms with van der Waals surface area (Å²) in [4.78, 5) is 16.0. The molecule has 248 valence electrons. The summed E-state index contributed by atoms with van der Waals surface area (Å²) in [6.07, 6.45) is 0. The van der Waals surface area contributed by atoms with Crippen LogP contribution in [0.5, 0.6) is 0 Å². The van der Waals surface area contributed by atoms with E-state index in [-0.39, 0.29) is 0 Å². The molecule has 0 radical (unpaired) electrons. The summed E-state index contributed by atoms with van der Waals surface area (Å²) in [5.74, 6) is 0.681. The fourth-order valence-corrected chi connectivity index (χ4v) is 7.46. The molecule has 0 aliphatic rings. The number of para-hydroxylation sites is 3. The summed E-state index contributed by atoms with van der Waals surface area (Å²) >= 11 is 0. The third kappa shape index (κ3) is 5.45. The van der Waals surface area contributed by atoms with Crippen LogP contribution in [0.2, 0.25) is 0 Å². The molecule has 0 bridgehead atoms. The molecule has 0 unspecified atom stereocenters. The normalized spacial score (nSPS) is 11.4. The average Bonchev–Trinajstić information content (AvgIpc) is 3.64. The molecular formula is C49H32N4. The van der Waals surface area contributed by atoms with Gasteiger partial charge in [0.15, 0.2) is 5.82 Å². The highest BCUT2D eigenvalue weighted by molar-refractivity contribution is 6.00. The second-order valence-electron chi connectivity index (χ2n) is 13.2. The van der Waals surface area contributed by atoms with Crippen molar-refractivity contribution >= 4 is 27.5 Å². The van der Waals surface area contributed by atoms with E-state index in [0.29, 0.717) is 5.82 Å². The Bertz CT molecular complexity index is 2850. The molecule has 0 spiro atoms. The van der Waals surface area contributed by atoms with Gasteiger partial charge in [-0.25, -0.2) is 15.0 Å². The molecule has 0 aliphatic heterocycles. The molecule has 4 heteroatoms. The lowest BCUT2D eigenvalue weighted by molar-refractivity contribution is 1.18. The Morgan fingerprint density at radius 2 is 0.811 bits per heavy atom. The van der Waals surface area contributed by atoms with E-state index in [0.717, 1.165) is 78.1 Å². The van der Waals surface area contributed by atoms with Crippen LogP contribution in [0.3, 0.4) is 0 Å². The molecule has 53 heavy (non-hydrogen) atoms. The zero-order chi connectivity index (χ0) is 35.1. The molecule has 4 nitrogen and oxygen atoms in total. The third-order valence-electron chi connectivity index (χ3n) is 9.99. The Morgan fingerprint density at radius 3 is 1.49 bits per heavy atom. The van der Waals surface area contributed by atoms with Crippen molar-refractivity contribution in [2.45, 2.75) is 0 Å². The van der Waals surface area contributed by atoms with Gasteiger partial charge in [-0.1, -0.05) is 164 Å². The van der Waals surface area contributed by atoms with Gasteiger partial charge in [0, 0.05) is 33.2 Å². The summed E-state index contributed by atoms with van der Waals surface area (Å²) in [6, 6.07) is 67.8. The largest absolute Gasteiger partial charge is 0.306 e. The van der Waals surface area contributed by atoms with E-state index in [1.54, 1.807) is 0 Å². The number of benzene rings is 7. The van der Waals surface area contributed by atoms with E-state index in [1.807, 2.05) is 18.2 Å². The number of nitrogens with zero attached hydrogens (tertiary/aromatic N) is 4. The van der Waals surface area contributed by atoms with Gasteiger partial charge in [0.1, 0.15) is 0 Å². The van der Waals surface area contributed by atoms with Crippen LogP contribution in [0, 0.1) is 0 Å². The SMILES string of the molecule is c1ccc(-c2ccc(-c3nc(-c4ccccc4)c(-c4cccc(-c5nc6ccccc6n6c5cc5ccccc56)c4)c(-c4ccccc4)n3)cc2)cc1. The lowest BCUT2D eigenvalue weighted by Gasteiger charge is -2.18. The smallest absolute Gasteiger partial charge is 0.160 e. The first kappa shape index (κ1) is 30.6. The predicted molar refractivity (Wildman–Crippen MR) is 218 cm³/mol. The number of fused-ring (bicyclic) bond motifs is 5. The minimum absolute atomic E-state index is 0.681. The minimum atomic E-state index is 0.681. The minimum Gasteiger partial charge on any atom is -0.306 e. The van der Waals surface area contributed by atoms with Gasteiger partial charge in [0.05, 0.1) is 39.1 Å². The fourth-order valence-electron chi connectivity index (χ4n) is 7.46. The number of hydrogen-bond donors (Lipinski definition) is 0. The van der Waals surface area contributed by atoms with Crippen LogP contribution < -0.4 is 0 Å². The van der Waals surface area contributed by atoms with Crippen molar-refractivity contribution in [1.82, 2.24) is 19.4 Å². The lowest BCUT2D eigenvalue weighted by atomic mass is 9.92. The van der Waals surface area contributed by atoms with Crippen LogP contribution in [-0.2, 0) is 0 Å². The highest BCUT2D eigenvalue weighted by Gasteiger charge is 2.22. The van der Waals surface area contributed by atoms with Crippen LogP contribution in [0.4, 0.5) is 0 Å². The second-order valence-corrected chi connectivity index (χ2v) is 13.2. The quantitative estimate of drug-likeness (QED) is 0.176. The van der Waals surface area contributed by atoms with E-state index >= 15 is 0 Å². The molecule has 0 aliphatic carbocycles. The summed E-state index contributed by atoms with van der Waals surface area (Å²) in [6.45, 7) is 0. The van der Waals surface area contributed by atoms with Crippen LogP contribution in [0.1, 0.15) is 0 Å². The maximum atomic E-state index is 5.37. The van der Waals surface area contributed by atoms with Crippen molar-refractivity contribution in [1.29, 1.82) is 0 Å². The van der Waals surface area contributed by atoms with Gasteiger partial charge >= 0.3 is 0 Å². The molecule has 0 atom stereocenters. The second kappa shape index (κ2) is 12.9. The molecule has 10 rings (SSSR count). The summed E-state index contributed by atoms with van der Waals surface area (Å²) in [5, 5.41) is 1.18. The van der Waals surface area contributed by atoms with E-state index in [1.165, 1.54) is 10.9 Å². The Balaban J connectivity index is 1.21. The first-order valence-corrected chi connectivity index (χ1v) is 17.9. The van der Waals surface area contributed by atoms with Crippen LogP contribution >= 0.6 is 0 Å². The highest BCUT2D eigenvalue weighted by Crippen LogP contribution is 2.41. The Labute approximate surface area is 307 Å². The van der Waals surface area contributed by atoms with Gasteiger partial charge in [-0.05, 0) is 47.0 Å². The zero-order valence-corrected chi connectivity index (χ0v) is 28.8. The monoisotopic (exact) mass is 676 g/mol. The Morgan fingerprint density at radius 1 is 0.302 bits per heavy atom. The van der Waals surface area contributed by atoms with Gasteiger partial charge in [0.2, 0.25) is 0 Å². The van der Waals surface area contributed by atoms with E-state index in [4.69, 9.17) is 15.0 Å². The van der Waals surface area contributed by atoms with Crippen LogP contribution in [-0.4, -0.2) is 19.4 Å². The Kier molecular flexibility index (Phi) is 7.43. The van der Waals surface area contributed by atoms with Crippen molar-refractivity contribution in [2.24, 2.45) is 0 Å². The van der Waals surface area contributed by atoms with Crippen LogP contribution in [0.15, 0.2) is 194 Å². The van der Waals surface area contributed by atoms with E-state index < -0.39 is 0 Å². The molecule has 0 saturated heterocycles. The third-order valence-corrected chi connectivity index (χ3v) is 9.99. The topological polar surface area (TPSA) is 43.1 Å². The van der Waals surface area contributed by atoms with E-state index in [9.17, 15) is 0 Å². The van der Waals surface area contributed by atoms with Crippen molar-refractivity contribution in [2.75, 3.05) is 0 Å². The standard InChI is InChI=1S/C49H32N4/c1-4-15-33(16-5-1)34-27-29-37(30-28-34)49-51-47(35-17-6-2-7-18-35)45(48(52-49)36-19-8-3-9-20-36)39-22-14-23-40(31-39)46-44-32-38-21-10-12-25-42(38)53(44)43-26-13-11-24-41(43)50-46/h1-32H. The van der Waals surface area contributed by atoms with Gasteiger partial charge in [-0.2, -0.15) is 0 Å². The molecule has 0 saturated carbocycles. The summed E-state index contributed by atoms with van der Waals surface area (Å²) in [7, 11) is 0. The van der Waals surface area contributed by atoms with Gasteiger partial charge in [-0.3, -0.25) is 0 Å². The average molecular weight is 677 g/mol. The fraction of sp³-hybridized carbons (Fsp3) is 0. The van der Waals surface area contributed by atoms with Crippen molar-refractivity contribution in [3.05, 3.63) is 194 Å². The maximum Gasteiger partial charge on any atom is 0.160 e. The van der Waals surface area contributed by atoms with Gasteiger partial charge in [-0.15, -0.1) is 0 Å². The number of aromatic nitrogens is 4. The molecule has 10 aromatic rings. The molecule has 3 aromatic heterocycles. The van der Waals surface area contributed by atoms with Gasteiger partial charge < -0.3 is 4.40 Å². The number of hydrogen-bond acceptors (Lipinski definition) is 3. The summed E-state index contributed by atoms with van der Waals surface area (Å²) in [5.41, 5.74) is 15.3. The molecular weight excluding hydrogens is 645 g/mol. The molecule has 3 heterocycles. The molecule has 7 aromatic carbocycles. The van der Waals surface area contributed by atoms with Crippen molar-refractivity contribution < 1.29 is 0 Å². The maximum absolute atomic E-state index is 5.37. The Hall–Kier alpha value is -7.17. The molecule has 0 N–H and O–H groups in total. The van der Waals surface area contributed by atoms with Crippen molar-refractivity contribution in [3.8, 4) is 67.4 Å². The van der Waals surface area contributed by atoms with Crippen molar-refractivity contribution in [3.63, 3.8) is 0 Å².